The predicted octanol–water partition coefficient (Wildman–Crippen LogP) is -0.744. The van der Waals surface area contributed by atoms with Crippen molar-refractivity contribution in [2.24, 2.45) is 5.92 Å². The molecule has 0 spiro atoms. The molecule has 2 atom stereocenters. The maximum absolute atomic E-state index is 10.8. The monoisotopic (exact) mass is 174 g/mol. The molecule has 1 rings (SSSR count). The van der Waals surface area contributed by atoms with Gasteiger partial charge in [0, 0.05) is 6.42 Å². The molecule has 1 aliphatic carbocycles. The summed E-state index contributed by atoms with van der Waals surface area (Å²) in [6, 6.07) is 0. The number of Topliss-reactive ketones (excluding diaryl/α,β-unsaturated/α-hetero) is 1. The van der Waals surface area contributed by atoms with Crippen LogP contribution in [0.2, 0.25) is 0 Å². The summed E-state index contributed by atoms with van der Waals surface area (Å²) in [4.78, 5) is 10.8. The van der Waals surface area contributed by atoms with Crippen LogP contribution in [-0.2, 0) is 4.79 Å². The van der Waals surface area contributed by atoms with Gasteiger partial charge in [-0.15, -0.1) is 0 Å². The highest BCUT2D eigenvalue weighted by Crippen LogP contribution is 2.28. The zero-order valence-corrected chi connectivity index (χ0v) is 6.27. The summed E-state index contributed by atoms with van der Waals surface area (Å²) in [7, 11) is 0. The third kappa shape index (κ3) is 1.28. The minimum absolute atomic E-state index is 0.153. The molecule has 5 heteroatoms. The fourth-order valence-corrected chi connectivity index (χ4v) is 1.16. The van der Waals surface area contributed by atoms with E-state index < -0.39 is 35.9 Å². The van der Waals surface area contributed by atoms with E-state index >= 15 is 0 Å². The van der Waals surface area contributed by atoms with Gasteiger partial charge >= 0.3 is 0 Å². The summed E-state index contributed by atoms with van der Waals surface area (Å²) in [5.74, 6) is -2.69. The fraction of sp³-hybridized carbons (Fsp3) is 0.571. The van der Waals surface area contributed by atoms with Gasteiger partial charge in [-0.2, -0.15) is 0 Å². The molecule has 0 amide bonds. The van der Waals surface area contributed by atoms with E-state index in [1.54, 1.807) is 0 Å². The van der Waals surface area contributed by atoms with Gasteiger partial charge in [0.05, 0.1) is 18.6 Å². The minimum atomic E-state index is -1.20. The number of hydrogen-bond acceptors (Lipinski definition) is 5. The van der Waals surface area contributed by atoms with Crippen molar-refractivity contribution in [1.29, 1.82) is 0 Å². The highest BCUT2D eigenvalue weighted by atomic mass is 16.3. The normalized spacial score (nSPS) is 26.5. The van der Waals surface area contributed by atoms with E-state index in [-0.39, 0.29) is 6.42 Å². The van der Waals surface area contributed by atoms with Gasteiger partial charge in [-0.25, -0.2) is 0 Å². The van der Waals surface area contributed by atoms with Crippen molar-refractivity contribution in [3.63, 3.8) is 0 Å². The van der Waals surface area contributed by atoms with Gasteiger partial charge in [-0.05, 0) is 0 Å². The van der Waals surface area contributed by atoms with Gasteiger partial charge in [0.25, 0.3) is 0 Å². The van der Waals surface area contributed by atoms with E-state index in [2.05, 4.69) is 0 Å². The predicted molar refractivity (Wildman–Crippen MR) is 38.5 cm³/mol. The summed E-state index contributed by atoms with van der Waals surface area (Å²) in [6.07, 6.45) is -1.35. The molecule has 12 heavy (non-hydrogen) atoms. The standard InChI is InChI=1S/C7H10O5/c8-2-5(10)3-1-4(9)7(12)6(3)11/h3,5,8,10-12H,1-2H2. The van der Waals surface area contributed by atoms with Crippen LogP contribution in [-0.4, -0.2) is 38.9 Å². The van der Waals surface area contributed by atoms with Gasteiger partial charge in [0.1, 0.15) is 5.76 Å². The van der Waals surface area contributed by atoms with Crippen LogP contribution in [0, 0.1) is 5.92 Å². The SMILES string of the molecule is O=C1CC(C(O)CO)C(O)=C1O. The van der Waals surface area contributed by atoms with Crippen LogP contribution in [0.3, 0.4) is 0 Å². The van der Waals surface area contributed by atoms with Crippen LogP contribution in [0.25, 0.3) is 0 Å². The lowest BCUT2D eigenvalue weighted by atomic mass is 10.0. The van der Waals surface area contributed by atoms with Gasteiger partial charge in [-0.1, -0.05) is 0 Å². The number of carbonyl (C=O) groups is 1. The van der Waals surface area contributed by atoms with Gasteiger partial charge < -0.3 is 20.4 Å². The second-order valence-electron chi connectivity index (χ2n) is 2.72. The first kappa shape index (κ1) is 9.02. The first-order chi connectivity index (χ1) is 5.57. The Kier molecular flexibility index (Phi) is 2.35. The first-order valence-electron chi connectivity index (χ1n) is 3.52. The molecule has 0 heterocycles. The smallest absolute Gasteiger partial charge is 0.201 e. The third-order valence-corrected chi connectivity index (χ3v) is 1.91. The Labute approximate surface area is 68.6 Å². The number of ketones is 1. The zero-order valence-electron chi connectivity index (χ0n) is 6.27. The number of carbonyl (C=O) groups excluding carboxylic acids is 1. The molecule has 0 fully saturated rings. The maximum Gasteiger partial charge on any atom is 0.201 e. The number of aliphatic hydroxyl groups excluding tert-OH is 4. The van der Waals surface area contributed by atoms with Crippen molar-refractivity contribution in [2.75, 3.05) is 6.61 Å². The van der Waals surface area contributed by atoms with Crippen molar-refractivity contribution < 1.29 is 25.2 Å². The highest BCUT2D eigenvalue weighted by Gasteiger charge is 2.36. The van der Waals surface area contributed by atoms with Crippen LogP contribution in [0.15, 0.2) is 11.5 Å². The molecule has 4 N–H and O–H groups in total. The Morgan fingerprint density at radius 3 is 2.42 bits per heavy atom. The summed E-state index contributed by atoms with van der Waals surface area (Å²) in [6.45, 7) is -0.546. The van der Waals surface area contributed by atoms with Crippen molar-refractivity contribution in [3.8, 4) is 0 Å². The molecule has 0 aliphatic heterocycles. The lowest BCUT2D eigenvalue weighted by Gasteiger charge is -2.13. The Morgan fingerprint density at radius 2 is 2.08 bits per heavy atom. The average molecular weight is 174 g/mol. The zero-order chi connectivity index (χ0) is 9.30. The Hall–Kier alpha value is -1.07. The molecule has 0 bridgehead atoms. The summed E-state index contributed by atoms with van der Waals surface area (Å²) >= 11 is 0. The number of hydrogen-bond donors (Lipinski definition) is 4. The van der Waals surface area contributed by atoms with Crippen LogP contribution in [0.4, 0.5) is 0 Å². The summed E-state index contributed by atoms with van der Waals surface area (Å²) in [5, 5.41) is 35.5. The Balaban J connectivity index is 2.80. The van der Waals surface area contributed by atoms with Crippen LogP contribution in [0.5, 0.6) is 0 Å². The quantitative estimate of drug-likeness (QED) is 0.442. The molecular formula is C7H10O5. The van der Waals surface area contributed by atoms with E-state index in [0.717, 1.165) is 0 Å². The lowest BCUT2D eigenvalue weighted by molar-refractivity contribution is -0.118. The summed E-state index contributed by atoms with van der Waals surface area (Å²) in [5.41, 5.74) is 0. The van der Waals surface area contributed by atoms with Crippen LogP contribution >= 0.6 is 0 Å². The summed E-state index contributed by atoms with van der Waals surface area (Å²) < 4.78 is 0. The largest absolute Gasteiger partial charge is 0.508 e. The molecule has 0 aromatic carbocycles. The highest BCUT2D eigenvalue weighted by molar-refractivity contribution is 5.96. The van der Waals surface area contributed by atoms with Crippen molar-refractivity contribution in [1.82, 2.24) is 0 Å². The van der Waals surface area contributed by atoms with Gasteiger partial charge in [0.2, 0.25) is 5.78 Å². The molecule has 0 saturated heterocycles. The van der Waals surface area contributed by atoms with Gasteiger partial charge in [0.15, 0.2) is 5.76 Å². The molecule has 0 radical (unpaired) electrons. The Morgan fingerprint density at radius 1 is 1.50 bits per heavy atom. The Bertz CT molecular complexity index is 232. The van der Waals surface area contributed by atoms with Gasteiger partial charge in [-0.3, -0.25) is 4.79 Å². The second kappa shape index (κ2) is 3.12. The third-order valence-electron chi connectivity index (χ3n) is 1.91. The van der Waals surface area contributed by atoms with Crippen molar-refractivity contribution >= 4 is 5.78 Å². The van der Waals surface area contributed by atoms with Crippen LogP contribution < -0.4 is 0 Å². The van der Waals surface area contributed by atoms with E-state index in [1.165, 1.54) is 0 Å². The molecular weight excluding hydrogens is 164 g/mol. The number of aliphatic hydroxyl groups is 4. The van der Waals surface area contributed by atoms with E-state index in [4.69, 9.17) is 20.4 Å². The van der Waals surface area contributed by atoms with Crippen molar-refractivity contribution in [3.05, 3.63) is 11.5 Å². The molecule has 68 valence electrons. The van der Waals surface area contributed by atoms with Crippen molar-refractivity contribution in [2.45, 2.75) is 12.5 Å². The minimum Gasteiger partial charge on any atom is -0.508 e. The topological polar surface area (TPSA) is 98.0 Å². The number of rotatable bonds is 2. The first-order valence-corrected chi connectivity index (χ1v) is 3.52. The molecule has 1 aliphatic rings. The molecule has 0 aromatic rings. The number of allylic oxidation sites excluding steroid dienone is 1. The van der Waals surface area contributed by atoms with E-state index in [0.29, 0.717) is 0 Å². The second-order valence-corrected chi connectivity index (χ2v) is 2.72. The molecule has 2 unspecified atom stereocenters. The van der Waals surface area contributed by atoms with E-state index in [1.807, 2.05) is 0 Å². The fourth-order valence-electron chi connectivity index (χ4n) is 1.16. The molecule has 5 nitrogen and oxygen atoms in total. The van der Waals surface area contributed by atoms with E-state index in [9.17, 15) is 4.79 Å². The van der Waals surface area contributed by atoms with Crippen LogP contribution in [0.1, 0.15) is 6.42 Å². The lowest BCUT2D eigenvalue weighted by Crippen LogP contribution is -2.24. The average Bonchev–Trinajstić information content (AvgIpc) is 2.32. The maximum atomic E-state index is 10.8. The molecule has 0 saturated carbocycles. The molecule has 0 aromatic heterocycles.